The number of aromatic hydroxyl groups is 1. The first-order chi connectivity index (χ1) is 14.5. The monoisotopic (exact) mass is 535 g/mol. The number of nitrogens with one attached hydrogen (secondary N) is 1. The van der Waals surface area contributed by atoms with Gasteiger partial charge in [-0.1, -0.05) is 25.4 Å². The number of halogens is 2. The summed E-state index contributed by atoms with van der Waals surface area (Å²) in [5, 5.41) is 22.9. The minimum atomic E-state index is -3.85. The Hall–Kier alpha value is -2.41. The lowest BCUT2D eigenvalue weighted by molar-refractivity contribution is -0.385. The Labute approximate surface area is 192 Å². The zero-order chi connectivity index (χ0) is 23.5. The van der Waals surface area contributed by atoms with E-state index in [1.165, 1.54) is 23.5 Å². The third-order valence-electron chi connectivity index (χ3n) is 4.31. The third kappa shape index (κ3) is 5.09. The zero-order valence-corrected chi connectivity index (χ0v) is 19.8. The van der Waals surface area contributed by atoms with Crippen molar-refractivity contribution in [2.24, 2.45) is 0 Å². The average molecular weight is 537 g/mol. The van der Waals surface area contributed by atoms with Crippen molar-refractivity contribution in [1.29, 1.82) is 0 Å². The van der Waals surface area contributed by atoms with Crippen LogP contribution < -0.4 is 10.1 Å². The number of amides is 1. The summed E-state index contributed by atoms with van der Waals surface area (Å²) in [6.45, 7) is 3.90. The van der Waals surface area contributed by atoms with E-state index in [1.807, 2.05) is 0 Å². The lowest BCUT2D eigenvalue weighted by atomic mass is 10.1. The molecule has 0 aliphatic rings. The number of ether oxygens (including phenoxy) is 1. The van der Waals surface area contributed by atoms with Gasteiger partial charge >= 0.3 is 5.69 Å². The first-order valence-electron chi connectivity index (χ1n) is 8.83. The van der Waals surface area contributed by atoms with Crippen LogP contribution in [0.3, 0.4) is 0 Å². The number of carbonyl (C=O) groups excluding carboxylic acids is 1. The second-order valence-corrected chi connectivity index (χ2v) is 9.31. The van der Waals surface area contributed by atoms with Crippen LogP contribution in [-0.2, 0) is 10.0 Å². The fraction of sp³-hybridized carbons (Fsp3) is 0.278. The zero-order valence-electron chi connectivity index (χ0n) is 16.7. The van der Waals surface area contributed by atoms with Crippen LogP contribution in [0.2, 0.25) is 5.02 Å². The van der Waals surface area contributed by atoms with Gasteiger partial charge in [-0.25, -0.2) is 8.42 Å². The standard InChI is InChI=1S/C18H19BrClN3O7S/c1-4-22(5-2)31(28,29)11-8-12(19)17(30-3)14(9-11)21-18(25)10-6-13(20)16(24)15(7-10)23(26)27/h6-9,24H,4-5H2,1-3H3,(H,21,25). The van der Waals surface area contributed by atoms with Gasteiger partial charge in [0.25, 0.3) is 5.91 Å². The summed E-state index contributed by atoms with van der Waals surface area (Å²) >= 11 is 9.03. The summed E-state index contributed by atoms with van der Waals surface area (Å²) in [7, 11) is -2.52. The fourth-order valence-electron chi connectivity index (χ4n) is 2.78. The molecule has 0 heterocycles. The number of nitro groups is 1. The van der Waals surface area contributed by atoms with Crippen LogP contribution in [0.4, 0.5) is 11.4 Å². The Kier molecular flexibility index (Phi) is 7.87. The predicted molar refractivity (Wildman–Crippen MR) is 119 cm³/mol. The van der Waals surface area contributed by atoms with Gasteiger partial charge in [-0.3, -0.25) is 14.9 Å². The van der Waals surface area contributed by atoms with Gasteiger partial charge in [0.15, 0.2) is 5.75 Å². The maximum absolute atomic E-state index is 12.9. The van der Waals surface area contributed by atoms with Crippen molar-refractivity contribution in [3.63, 3.8) is 0 Å². The molecule has 2 rings (SSSR count). The largest absolute Gasteiger partial charge is 0.501 e. The van der Waals surface area contributed by atoms with Gasteiger partial charge in [0.05, 0.1) is 32.1 Å². The quantitative estimate of drug-likeness (QED) is 0.384. The number of rotatable bonds is 8. The number of sulfonamides is 1. The molecule has 2 aromatic carbocycles. The Morgan fingerprint density at radius 1 is 1.29 bits per heavy atom. The highest BCUT2D eigenvalue weighted by atomic mass is 79.9. The lowest BCUT2D eigenvalue weighted by Crippen LogP contribution is -2.30. The van der Waals surface area contributed by atoms with Gasteiger partial charge < -0.3 is 15.2 Å². The van der Waals surface area contributed by atoms with E-state index in [0.717, 1.165) is 12.1 Å². The van der Waals surface area contributed by atoms with Crippen molar-refractivity contribution in [1.82, 2.24) is 4.31 Å². The van der Waals surface area contributed by atoms with Gasteiger partial charge in [-0.15, -0.1) is 0 Å². The SMILES string of the molecule is CCN(CC)S(=O)(=O)c1cc(Br)c(OC)c(NC(=O)c2cc(Cl)c(O)c([N+](=O)[O-])c2)c1. The molecule has 1 amide bonds. The molecule has 10 nitrogen and oxygen atoms in total. The Bertz CT molecular complexity index is 1140. The molecule has 0 unspecified atom stereocenters. The van der Waals surface area contributed by atoms with Crippen LogP contribution in [0.1, 0.15) is 24.2 Å². The van der Waals surface area contributed by atoms with E-state index in [0.29, 0.717) is 0 Å². The molecule has 0 fully saturated rings. The van der Waals surface area contributed by atoms with Crippen molar-refractivity contribution < 1.29 is 28.0 Å². The van der Waals surface area contributed by atoms with Gasteiger partial charge in [-0.05, 0) is 34.1 Å². The molecule has 0 bridgehead atoms. The maximum Gasteiger partial charge on any atom is 0.313 e. The first kappa shape index (κ1) is 24.9. The second kappa shape index (κ2) is 9.81. The first-order valence-corrected chi connectivity index (χ1v) is 11.4. The summed E-state index contributed by atoms with van der Waals surface area (Å²) in [5.41, 5.74) is -0.951. The van der Waals surface area contributed by atoms with Crippen molar-refractivity contribution in [2.45, 2.75) is 18.7 Å². The topological polar surface area (TPSA) is 139 Å². The summed E-state index contributed by atoms with van der Waals surface area (Å²) in [5.74, 6) is -1.45. The number of phenols is 1. The number of carbonyl (C=O) groups is 1. The van der Waals surface area contributed by atoms with Crippen LogP contribution in [0.15, 0.2) is 33.6 Å². The van der Waals surface area contributed by atoms with Gasteiger partial charge in [0, 0.05) is 24.7 Å². The fourth-order valence-corrected chi connectivity index (χ4v) is 5.28. The number of benzene rings is 2. The Morgan fingerprint density at radius 3 is 2.42 bits per heavy atom. The summed E-state index contributed by atoms with van der Waals surface area (Å²) in [4.78, 5) is 22.8. The Morgan fingerprint density at radius 2 is 1.90 bits per heavy atom. The molecular weight excluding hydrogens is 518 g/mol. The molecule has 0 radical (unpaired) electrons. The summed E-state index contributed by atoms with van der Waals surface area (Å²) < 4.78 is 32.5. The van der Waals surface area contributed by atoms with Gasteiger partial charge in [0.1, 0.15) is 0 Å². The van der Waals surface area contributed by atoms with Crippen molar-refractivity contribution in [3.05, 3.63) is 49.4 Å². The smallest absolute Gasteiger partial charge is 0.313 e. The summed E-state index contributed by atoms with van der Waals surface area (Å²) in [6, 6.07) is 4.49. The highest BCUT2D eigenvalue weighted by Crippen LogP contribution is 2.38. The molecule has 0 saturated heterocycles. The molecule has 31 heavy (non-hydrogen) atoms. The number of nitro benzene ring substituents is 1. The van der Waals surface area contributed by atoms with Crippen LogP contribution in [0.25, 0.3) is 0 Å². The molecule has 0 atom stereocenters. The van der Waals surface area contributed by atoms with E-state index in [-0.39, 0.29) is 44.5 Å². The van der Waals surface area contributed by atoms with Crippen molar-refractivity contribution in [3.8, 4) is 11.5 Å². The van der Waals surface area contributed by atoms with Crippen LogP contribution in [-0.4, -0.2) is 48.9 Å². The van der Waals surface area contributed by atoms with Gasteiger partial charge in [0.2, 0.25) is 15.8 Å². The average Bonchev–Trinajstić information content (AvgIpc) is 2.70. The van der Waals surface area contributed by atoms with Crippen molar-refractivity contribution >= 4 is 54.8 Å². The van der Waals surface area contributed by atoms with Crippen molar-refractivity contribution in [2.75, 3.05) is 25.5 Å². The highest BCUT2D eigenvalue weighted by molar-refractivity contribution is 9.10. The highest BCUT2D eigenvalue weighted by Gasteiger charge is 2.26. The molecule has 0 aliphatic heterocycles. The van der Waals surface area contributed by atoms with E-state index < -0.39 is 32.3 Å². The number of anilines is 1. The minimum absolute atomic E-state index is 0.0134. The van der Waals surface area contributed by atoms with E-state index in [9.17, 15) is 28.4 Å². The van der Waals surface area contributed by atoms with E-state index in [1.54, 1.807) is 13.8 Å². The maximum atomic E-state index is 12.9. The molecule has 2 aromatic rings. The minimum Gasteiger partial charge on any atom is -0.501 e. The molecule has 168 valence electrons. The third-order valence-corrected chi connectivity index (χ3v) is 7.22. The van der Waals surface area contributed by atoms with Crippen LogP contribution in [0.5, 0.6) is 11.5 Å². The molecule has 0 spiro atoms. The van der Waals surface area contributed by atoms with Gasteiger partial charge in [-0.2, -0.15) is 4.31 Å². The summed E-state index contributed by atoms with van der Waals surface area (Å²) in [6.07, 6.45) is 0. The Balaban J connectivity index is 2.55. The molecule has 13 heteroatoms. The molecule has 0 aliphatic carbocycles. The number of hydrogen-bond donors (Lipinski definition) is 2. The van der Waals surface area contributed by atoms with E-state index in [2.05, 4.69) is 21.2 Å². The second-order valence-electron chi connectivity index (χ2n) is 6.11. The molecule has 2 N–H and O–H groups in total. The predicted octanol–water partition coefficient (Wildman–Crippen LogP) is 4.01. The molecule has 0 aromatic heterocycles. The molecular formula is C18H19BrClN3O7S. The number of phenolic OH excluding ortho intramolecular Hbond substituents is 1. The number of nitrogens with zero attached hydrogens (tertiary/aromatic N) is 2. The number of methoxy groups -OCH3 is 1. The lowest BCUT2D eigenvalue weighted by Gasteiger charge is -2.20. The van der Waals surface area contributed by atoms with E-state index in [4.69, 9.17) is 16.3 Å². The van der Waals surface area contributed by atoms with E-state index >= 15 is 0 Å². The molecule has 0 saturated carbocycles. The van der Waals surface area contributed by atoms with Crippen LogP contribution in [0, 0.1) is 10.1 Å². The van der Waals surface area contributed by atoms with Crippen LogP contribution >= 0.6 is 27.5 Å². The normalized spacial score (nSPS) is 11.4. The number of hydrogen-bond acceptors (Lipinski definition) is 7.